The molecule has 0 aliphatic heterocycles. The number of halogens is 1. The van der Waals surface area contributed by atoms with Crippen molar-refractivity contribution in [2.45, 2.75) is 0 Å². The number of hydrogen-bond acceptors (Lipinski definition) is 1. The van der Waals surface area contributed by atoms with Gasteiger partial charge in [0.25, 0.3) is 0 Å². The van der Waals surface area contributed by atoms with E-state index in [2.05, 4.69) is 0 Å². The number of rotatable bonds is 1. The minimum Gasteiger partial charge on any atom is -0.477 e. The Hall–Kier alpha value is -1.94. The molecule has 0 saturated carbocycles. The topological polar surface area (TPSA) is 47.2 Å². The van der Waals surface area contributed by atoms with Crippen LogP contribution in [0.5, 0.6) is 0 Å². The Kier molecular flexibility index (Phi) is 2.19. The van der Waals surface area contributed by atoms with Gasteiger partial charge in [0.1, 0.15) is 5.69 Å². The highest BCUT2D eigenvalue weighted by Gasteiger charge is 2.18. The predicted molar refractivity (Wildman–Crippen MR) is 71.4 cm³/mol. The Morgan fingerprint density at radius 3 is 2.56 bits per heavy atom. The van der Waals surface area contributed by atoms with Gasteiger partial charge in [0.15, 0.2) is 0 Å². The Labute approximate surface area is 108 Å². The van der Waals surface area contributed by atoms with E-state index in [4.69, 9.17) is 16.7 Å². The highest BCUT2D eigenvalue weighted by molar-refractivity contribution is 6.31. The fraction of sp³-hybridized carbons (Fsp3) is 0.154. The molecule has 3 rings (SSSR count). The summed E-state index contributed by atoms with van der Waals surface area (Å²) >= 11 is 6.02. The smallest absolute Gasteiger partial charge is 0.352 e. The van der Waals surface area contributed by atoms with Crippen LogP contribution in [0.3, 0.4) is 0 Å². The van der Waals surface area contributed by atoms with Gasteiger partial charge in [0, 0.05) is 24.5 Å². The number of aryl methyl sites for hydroxylation is 2. The summed E-state index contributed by atoms with van der Waals surface area (Å²) in [6, 6.07) is 7.33. The number of aromatic carboxylic acids is 1. The van der Waals surface area contributed by atoms with Gasteiger partial charge in [-0.15, -0.1) is 0 Å². The molecular formula is C13H11ClN2O2. The lowest BCUT2D eigenvalue weighted by molar-refractivity contribution is 0.0687. The molecule has 0 saturated heterocycles. The quantitative estimate of drug-likeness (QED) is 0.733. The first-order valence-electron chi connectivity index (χ1n) is 5.47. The van der Waals surface area contributed by atoms with E-state index in [-0.39, 0.29) is 5.69 Å². The fourth-order valence-corrected chi connectivity index (χ4v) is 2.66. The van der Waals surface area contributed by atoms with Gasteiger partial charge in [-0.2, -0.15) is 0 Å². The summed E-state index contributed by atoms with van der Waals surface area (Å²) in [6.07, 6.45) is 0. The van der Waals surface area contributed by atoms with Crippen molar-refractivity contribution >= 4 is 39.5 Å². The maximum absolute atomic E-state index is 11.1. The molecule has 2 aromatic heterocycles. The Balaban J connectivity index is 2.55. The van der Waals surface area contributed by atoms with E-state index in [0.29, 0.717) is 5.02 Å². The van der Waals surface area contributed by atoms with Crippen LogP contribution in [0, 0.1) is 0 Å². The van der Waals surface area contributed by atoms with E-state index in [9.17, 15) is 4.79 Å². The summed E-state index contributed by atoms with van der Waals surface area (Å²) in [6.45, 7) is 0. The standard InChI is InChI=1S/C13H11ClN2O2/c1-15-9-4-3-7(14)5-8(9)12-10(15)6-11(13(17)18)16(12)2/h3-6H,1-2H3,(H,17,18). The second-order valence-electron chi connectivity index (χ2n) is 4.35. The number of carbonyl (C=O) groups is 1. The molecule has 0 radical (unpaired) electrons. The summed E-state index contributed by atoms with van der Waals surface area (Å²) in [5.41, 5.74) is 3.11. The molecule has 0 aliphatic rings. The molecular weight excluding hydrogens is 252 g/mol. The molecule has 4 nitrogen and oxygen atoms in total. The van der Waals surface area contributed by atoms with Crippen LogP contribution in [0.1, 0.15) is 10.5 Å². The van der Waals surface area contributed by atoms with E-state index in [1.54, 1.807) is 17.7 Å². The van der Waals surface area contributed by atoms with Gasteiger partial charge >= 0.3 is 5.97 Å². The number of carboxylic acids is 1. The summed E-state index contributed by atoms with van der Waals surface area (Å²) in [4.78, 5) is 11.1. The van der Waals surface area contributed by atoms with Gasteiger partial charge in [-0.05, 0) is 24.3 Å². The molecule has 0 bridgehead atoms. The van der Waals surface area contributed by atoms with Crippen LogP contribution in [-0.2, 0) is 14.1 Å². The number of nitrogens with zero attached hydrogens (tertiary/aromatic N) is 2. The third-order valence-electron chi connectivity index (χ3n) is 3.37. The normalized spacial score (nSPS) is 11.5. The third kappa shape index (κ3) is 1.29. The Morgan fingerprint density at radius 2 is 1.89 bits per heavy atom. The zero-order valence-electron chi connectivity index (χ0n) is 9.94. The van der Waals surface area contributed by atoms with Gasteiger partial charge in [0.2, 0.25) is 0 Å². The van der Waals surface area contributed by atoms with Crippen molar-refractivity contribution < 1.29 is 9.90 Å². The highest BCUT2D eigenvalue weighted by Crippen LogP contribution is 2.31. The van der Waals surface area contributed by atoms with E-state index in [0.717, 1.165) is 21.9 Å². The van der Waals surface area contributed by atoms with Crippen LogP contribution in [-0.4, -0.2) is 20.2 Å². The van der Waals surface area contributed by atoms with E-state index >= 15 is 0 Å². The first-order chi connectivity index (χ1) is 8.50. The second kappa shape index (κ2) is 3.53. The highest BCUT2D eigenvalue weighted by atomic mass is 35.5. The molecule has 3 aromatic rings. The molecule has 0 spiro atoms. The first-order valence-corrected chi connectivity index (χ1v) is 5.85. The van der Waals surface area contributed by atoms with Crippen molar-refractivity contribution in [3.63, 3.8) is 0 Å². The molecule has 92 valence electrons. The first kappa shape index (κ1) is 11.2. The molecule has 5 heteroatoms. The lowest BCUT2D eigenvalue weighted by Gasteiger charge is -2.00. The van der Waals surface area contributed by atoms with Crippen molar-refractivity contribution in [3.05, 3.63) is 35.0 Å². The van der Waals surface area contributed by atoms with E-state index in [1.807, 2.05) is 29.8 Å². The van der Waals surface area contributed by atoms with Crippen molar-refractivity contribution in [2.24, 2.45) is 14.1 Å². The van der Waals surface area contributed by atoms with E-state index < -0.39 is 5.97 Å². The van der Waals surface area contributed by atoms with Crippen LogP contribution < -0.4 is 0 Å². The minimum absolute atomic E-state index is 0.275. The summed E-state index contributed by atoms with van der Waals surface area (Å²) in [5.74, 6) is -0.927. The largest absolute Gasteiger partial charge is 0.477 e. The number of hydrogen-bond donors (Lipinski definition) is 1. The molecule has 1 N–H and O–H groups in total. The summed E-state index contributed by atoms with van der Waals surface area (Å²) in [7, 11) is 3.68. The zero-order valence-corrected chi connectivity index (χ0v) is 10.7. The number of carboxylic acid groups (broad SMARTS) is 1. The molecule has 0 unspecified atom stereocenters. The van der Waals surface area contributed by atoms with E-state index in [1.165, 1.54) is 0 Å². The number of aromatic nitrogens is 2. The van der Waals surface area contributed by atoms with Gasteiger partial charge in [-0.1, -0.05) is 11.6 Å². The number of benzene rings is 1. The number of fused-ring (bicyclic) bond motifs is 3. The zero-order chi connectivity index (χ0) is 13.0. The lowest BCUT2D eigenvalue weighted by atomic mass is 10.2. The molecule has 0 amide bonds. The fourth-order valence-electron chi connectivity index (χ4n) is 2.49. The van der Waals surface area contributed by atoms with Crippen molar-refractivity contribution in [2.75, 3.05) is 0 Å². The van der Waals surface area contributed by atoms with Gasteiger partial charge < -0.3 is 14.2 Å². The van der Waals surface area contributed by atoms with Crippen molar-refractivity contribution in [1.29, 1.82) is 0 Å². The molecule has 0 fully saturated rings. The Bertz CT molecular complexity index is 798. The van der Waals surface area contributed by atoms with Crippen LogP contribution in [0.4, 0.5) is 0 Å². The third-order valence-corrected chi connectivity index (χ3v) is 3.60. The van der Waals surface area contributed by atoms with Crippen LogP contribution in [0.2, 0.25) is 5.02 Å². The maximum Gasteiger partial charge on any atom is 0.352 e. The average molecular weight is 263 g/mol. The molecule has 0 atom stereocenters. The lowest BCUT2D eigenvalue weighted by Crippen LogP contribution is -2.03. The maximum atomic E-state index is 11.1. The Morgan fingerprint density at radius 1 is 1.17 bits per heavy atom. The van der Waals surface area contributed by atoms with Crippen LogP contribution >= 0.6 is 11.6 Å². The second-order valence-corrected chi connectivity index (χ2v) is 4.78. The van der Waals surface area contributed by atoms with Crippen LogP contribution in [0.25, 0.3) is 21.9 Å². The molecule has 18 heavy (non-hydrogen) atoms. The molecule has 2 heterocycles. The van der Waals surface area contributed by atoms with Gasteiger partial charge in [-0.25, -0.2) is 4.79 Å². The predicted octanol–water partition coefficient (Wildman–Crippen LogP) is 3.02. The summed E-state index contributed by atoms with van der Waals surface area (Å²) < 4.78 is 3.67. The summed E-state index contributed by atoms with van der Waals surface area (Å²) in [5, 5.41) is 10.8. The van der Waals surface area contributed by atoms with Gasteiger partial charge in [-0.3, -0.25) is 0 Å². The average Bonchev–Trinajstić information content (AvgIpc) is 2.77. The SMILES string of the molecule is Cn1c(C(=O)O)cc2c1c1cc(Cl)ccc1n2C. The van der Waals surface area contributed by atoms with Crippen molar-refractivity contribution in [3.8, 4) is 0 Å². The molecule has 1 aromatic carbocycles. The van der Waals surface area contributed by atoms with Crippen molar-refractivity contribution in [1.82, 2.24) is 9.13 Å². The monoisotopic (exact) mass is 262 g/mol. The van der Waals surface area contributed by atoms with Crippen LogP contribution in [0.15, 0.2) is 24.3 Å². The van der Waals surface area contributed by atoms with Gasteiger partial charge in [0.05, 0.1) is 16.6 Å². The molecule has 0 aliphatic carbocycles. The minimum atomic E-state index is -0.927.